The fourth-order valence-electron chi connectivity index (χ4n) is 1.99. The van der Waals surface area contributed by atoms with Gasteiger partial charge in [0.2, 0.25) is 0 Å². The van der Waals surface area contributed by atoms with Crippen LogP contribution in [-0.4, -0.2) is 35.0 Å². The molecule has 4 nitrogen and oxygen atoms in total. The van der Waals surface area contributed by atoms with Gasteiger partial charge in [0.05, 0.1) is 12.6 Å². The highest BCUT2D eigenvalue weighted by Gasteiger charge is 2.46. The zero-order valence-corrected chi connectivity index (χ0v) is 12.0. The van der Waals surface area contributed by atoms with Gasteiger partial charge in [-0.3, -0.25) is 4.90 Å². The quantitative estimate of drug-likeness (QED) is 0.710. The molecule has 1 unspecified atom stereocenters. The second-order valence-corrected chi connectivity index (χ2v) is 6.42. The minimum atomic E-state index is -0.586. The van der Waals surface area contributed by atoms with Crippen molar-refractivity contribution in [2.75, 3.05) is 6.61 Å². The Kier molecular flexibility index (Phi) is 3.77. The van der Waals surface area contributed by atoms with Gasteiger partial charge in [0, 0.05) is 0 Å². The monoisotopic (exact) mass is 243 g/mol. The highest BCUT2D eigenvalue weighted by Crippen LogP contribution is 2.32. The Morgan fingerprint density at radius 1 is 1.41 bits per heavy atom. The molecule has 1 atom stereocenters. The van der Waals surface area contributed by atoms with E-state index in [1.54, 1.807) is 4.90 Å². The normalized spacial score (nSPS) is 24.2. The number of rotatable bonds is 1. The molecule has 1 heterocycles. The van der Waals surface area contributed by atoms with Crippen LogP contribution in [0.25, 0.3) is 0 Å². The fourth-order valence-corrected chi connectivity index (χ4v) is 1.99. The van der Waals surface area contributed by atoms with Crippen LogP contribution in [0.2, 0.25) is 0 Å². The van der Waals surface area contributed by atoms with Crippen molar-refractivity contribution in [3.8, 4) is 0 Å². The van der Waals surface area contributed by atoms with Gasteiger partial charge in [-0.25, -0.2) is 4.79 Å². The summed E-state index contributed by atoms with van der Waals surface area (Å²) in [6, 6.07) is 0.0832. The molecule has 0 radical (unpaired) electrons. The molecule has 1 aliphatic rings. The molecule has 0 saturated carbocycles. The maximum Gasteiger partial charge on any atom is 0.412 e. The summed E-state index contributed by atoms with van der Waals surface area (Å²) in [6.07, 6.45) is -0.293. The molecule has 0 aliphatic carbocycles. The van der Waals surface area contributed by atoms with Gasteiger partial charge >= 0.3 is 6.09 Å². The van der Waals surface area contributed by atoms with Crippen molar-refractivity contribution in [2.24, 2.45) is 5.92 Å². The van der Waals surface area contributed by atoms with E-state index in [4.69, 9.17) is 9.47 Å². The first kappa shape index (κ1) is 14.3. The Balaban J connectivity index is 2.87. The second kappa shape index (κ2) is 4.48. The molecule has 0 N–H and O–H groups in total. The molecule has 0 spiro atoms. The van der Waals surface area contributed by atoms with E-state index in [0.29, 0.717) is 12.5 Å². The Bertz CT molecular complexity index is 292. The summed E-state index contributed by atoms with van der Waals surface area (Å²) in [5.74, 6) is 0.351. The van der Waals surface area contributed by atoms with Gasteiger partial charge in [0.25, 0.3) is 0 Å². The van der Waals surface area contributed by atoms with Gasteiger partial charge in [-0.1, -0.05) is 13.8 Å². The van der Waals surface area contributed by atoms with Crippen LogP contribution in [0.4, 0.5) is 4.79 Å². The molecule has 0 aromatic rings. The van der Waals surface area contributed by atoms with Crippen molar-refractivity contribution >= 4 is 6.09 Å². The average molecular weight is 243 g/mol. The number of amides is 1. The molecular weight excluding hydrogens is 218 g/mol. The van der Waals surface area contributed by atoms with Gasteiger partial charge in [-0.05, 0) is 40.5 Å². The van der Waals surface area contributed by atoms with Crippen molar-refractivity contribution in [3.05, 3.63) is 0 Å². The summed E-state index contributed by atoms with van der Waals surface area (Å²) in [4.78, 5) is 13.9. The lowest BCUT2D eigenvalue weighted by molar-refractivity contribution is -0.0639. The van der Waals surface area contributed by atoms with E-state index in [1.807, 2.05) is 34.6 Å². The molecule has 4 heteroatoms. The van der Waals surface area contributed by atoms with Crippen molar-refractivity contribution in [1.82, 2.24) is 4.90 Å². The van der Waals surface area contributed by atoms with E-state index in [1.165, 1.54) is 0 Å². The molecule has 1 saturated heterocycles. The molecule has 0 aromatic carbocycles. The molecule has 0 aromatic heterocycles. The minimum Gasteiger partial charge on any atom is -0.444 e. The summed E-state index contributed by atoms with van der Waals surface area (Å²) in [5, 5.41) is 0. The van der Waals surface area contributed by atoms with Gasteiger partial charge in [-0.15, -0.1) is 0 Å². The van der Waals surface area contributed by atoms with E-state index in [9.17, 15) is 4.79 Å². The molecule has 1 amide bonds. The smallest absolute Gasteiger partial charge is 0.412 e. The third-order valence-electron chi connectivity index (χ3n) is 2.88. The molecule has 1 rings (SSSR count). The predicted octanol–water partition coefficient (Wildman–Crippen LogP) is 3.01. The van der Waals surface area contributed by atoms with Crippen molar-refractivity contribution in [2.45, 2.75) is 65.8 Å². The van der Waals surface area contributed by atoms with Crippen LogP contribution >= 0.6 is 0 Å². The maximum atomic E-state index is 12.2. The fraction of sp³-hybridized carbons (Fsp3) is 0.923. The Morgan fingerprint density at radius 3 is 2.35 bits per heavy atom. The first-order chi connectivity index (χ1) is 7.54. The zero-order chi connectivity index (χ0) is 13.4. The summed E-state index contributed by atoms with van der Waals surface area (Å²) in [5.41, 5.74) is -1.06. The number of carbonyl (C=O) groups excluding carboxylic acids is 1. The van der Waals surface area contributed by atoms with Gasteiger partial charge in [0.1, 0.15) is 11.3 Å². The van der Waals surface area contributed by atoms with Crippen LogP contribution in [-0.2, 0) is 9.47 Å². The van der Waals surface area contributed by atoms with Crippen LogP contribution in [0, 0.1) is 5.92 Å². The number of carbonyl (C=O) groups is 1. The summed E-state index contributed by atoms with van der Waals surface area (Å²) in [7, 11) is 0. The number of hydrogen-bond donors (Lipinski definition) is 0. The SMILES string of the molecule is CC(C)C1COC(C)(C)N1C(=O)OC(C)(C)C. The summed E-state index contributed by atoms with van der Waals surface area (Å²) in [6.45, 7) is 14.2. The lowest BCUT2D eigenvalue weighted by Crippen LogP contribution is -2.51. The lowest BCUT2D eigenvalue weighted by Gasteiger charge is -2.36. The number of hydrogen-bond acceptors (Lipinski definition) is 3. The van der Waals surface area contributed by atoms with Crippen molar-refractivity contribution < 1.29 is 14.3 Å². The lowest BCUT2D eigenvalue weighted by atomic mass is 10.0. The van der Waals surface area contributed by atoms with Gasteiger partial charge in [0.15, 0.2) is 0 Å². The van der Waals surface area contributed by atoms with Crippen LogP contribution in [0.3, 0.4) is 0 Å². The van der Waals surface area contributed by atoms with Crippen LogP contribution in [0.15, 0.2) is 0 Å². The molecule has 1 fully saturated rings. The van der Waals surface area contributed by atoms with Gasteiger partial charge in [-0.2, -0.15) is 0 Å². The number of ether oxygens (including phenoxy) is 2. The highest BCUT2D eigenvalue weighted by molar-refractivity contribution is 5.69. The third-order valence-corrected chi connectivity index (χ3v) is 2.88. The van der Waals surface area contributed by atoms with Crippen LogP contribution < -0.4 is 0 Å². The van der Waals surface area contributed by atoms with Crippen LogP contribution in [0.5, 0.6) is 0 Å². The number of nitrogens with zero attached hydrogens (tertiary/aromatic N) is 1. The highest BCUT2D eigenvalue weighted by atomic mass is 16.6. The second-order valence-electron chi connectivity index (χ2n) is 6.42. The first-order valence-corrected chi connectivity index (χ1v) is 6.21. The Hall–Kier alpha value is -0.770. The largest absolute Gasteiger partial charge is 0.444 e. The van der Waals surface area contributed by atoms with E-state index < -0.39 is 11.3 Å². The molecular formula is C13H25NO3. The van der Waals surface area contributed by atoms with E-state index in [-0.39, 0.29) is 12.1 Å². The Labute approximate surface area is 104 Å². The molecule has 0 bridgehead atoms. The standard InChI is InChI=1S/C13H25NO3/c1-9(2)10-8-16-13(6,7)14(10)11(15)17-12(3,4)5/h9-10H,8H2,1-7H3. The first-order valence-electron chi connectivity index (χ1n) is 6.21. The topological polar surface area (TPSA) is 38.8 Å². The summed E-state index contributed by atoms with van der Waals surface area (Å²) >= 11 is 0. The maximum absolute atomic E-state index is 12.2. The van der Waals surface area contributed by atoms with E-state index in [2.05, 4.69) is 13.8 Å². The molecule has 100 valence electrons. The van der Waals surface area contributed by atoms with E-state index in [0.717, 1.165) is 0 Å². The van der Waals surface area contributed by atoms with E-state index >= 15 is 0 Å². The zero-order valence-electron chi connectivity index (χ0n) is 12.0. The van der Waals surface area contributed by atoms with Crippen LogP contribution in [0.1, 0.15) is 48.5 Å². The van der Waals surface area contributed by atoms with Crippen molar-refractivity contribution in [3.63, 3.8) is 0 Å². The Morgan fingerprint density at radius 2 is 1.94 bits per heavy atom. The third kappa shape index (κ3) is 3.35. The van der Waals surface area contributed by atoms with Gasteiger partial charge < -0.3 is 9.47 Å². The predicted molar refractivity (Wildman–Crippen MR) is 66.7 cm³/mol. The van der Waals surface area contributed by atoms with Crippen molar-refractivity contribution in [1.29, 1.82) is 0 Å². The molecule has 17 heavy (non-hydrogen) atoms. The minimum absolute atomic E-state index is 0.0832. The average Bonchev–Trinajstić information content (AvgIpc) is 2.37. The molecule has 1 aliphatic heterocycles. The summed E-state index contributed by atoms with van der Waals surface area (Å²) < 4.78 is 11.1.